The Morgan fingerprint density at radius 1 is 1.03 bits per heavy atom. The maximum atomic E-state index is 12.4. The second kappa shape index (κ2) is 9.49. The fourth-order valence-corrected chi connectivity index (χ4v) is 4.23. The molecule has 1 aliphatic rings. The van der Waals surface area contributed by atoms with Gasteiger partial charge < -0.3 is 15.0 Å². The largest absolute Gasteiger partial charge is 0.484 e. The van der Waals surface area contributed by atoms with Crippen molar-refractivity contribution < 1.29 is 17.9 Å². The Labute approximate surface area is 178 Å². The van der Waals surface area contributed by atoms with Gasteiger partial charge in [0.25, 0.3) is 5.91 Å². The maximum absolute atomic E-state index is 12.4. The molecule has 2 aromatic carbocycles. The van der Waals surface area contributed by atoms with Crippen LogP contribution in [0.4, 0.5) is 11.4 Å². The number of hydrogen-bond acceptors (Lipinski definition) is 5. The smallest absolute Gasteiger partial charge is 0.262 e. The predicted molar refractivity (Wildman–Crippen MR) is 120 cm³/mol. The number of sulfonamides is 1. The van der Waals surface area contributed by atoms with Crippen LogP contribution in [0.5, 0.6) is 5.75 Å². The molecule has 0 aromatic heterocycles. The van der Waals surface area contributed by atoms with Crippen molar-refractivity contribution in [1.82, 2.24) is 4.31 Å². The maximum Gasteiger partial charge on any atom is 0.262 e. The summed E-state index contributed by atoms with van der Waals surface area (Å²) in [6.45, 7) is 6.16. The van der Waals surface area contributed by atoms with Gasteiger partial charge in [-0.15, -0.1) is 0 Å². The van der Waals surface area contributed by atoms with Gasteiger partial charge in [-0.1, -0.05) is 38.1 Å². The van der Waals surface area contributed by atoms with Crippen molar-refractivity contribution in [3.8, 4) is 5.75 Å². The molecule has 0 unspecified atom stereocenters. The monoisotopic (exact) mass is 431 g/mol. The summed E-state index contributed by atoms with van der Waals surface area (Å²) in [6, 6.07) is 15.3. The van der Waals surface area contributed by atoms with Crippen LogP contribution in [0.25, 0.3) is 0 Å². The topological polar surface area (TPSA) is 79.0 Å². The molecule has 1 N–H and O–H groups in total. The van der Waals surface area contributed by atoms with Crippen LogP contribution in [0.1, 0.15) is 25.3 Å². The number of carbonyl (C=O) groups excluding carboxylic acids is 1. The average molecular weight is 432 g/mol. The summed E-state index contributed by atoms with van der Waals surface area (Å²) >= 11 is 0. The van der Waals surface area contributed by atoms with Gasteiger partial charge in [0.1, 0.15) is 5.75 Å². The number of rotatable bonds is 7. The molecule has 162 valence electrons. The highest BCUT2D eigenvalue weighted by Crippen LogP contribution is 2.27. The van der Waals surface area contributed by atoms with E-state index in [2.05, 4.69) is 24.1 Å². The first-order valence-corrected chi connectivity index (χ1v) is 11.9. The SMILES string of the molecule is CC(C)c1ccc(OCC(=O)Nc2ccccc2N2CCN(S(C)(=O)=O)CC2)cc1. The normalized spacial score (nSPS) is 15.3. The first-order valence-electron chi connectivity index (χ1n) is 10.1. The molecule has 0 bridgehead atoms. The molecule has 0 atom stereocenters. The van der Waals surface area contributed by atoms with E-state index in [4.69, 9.17) is 4.74 Å². The molecular formula is C22H29N3O4S. The van der Waals surface area contributed by atoms with Crippen LogP contribution in [0.15, 0.2) is 48.5 Å². The highest BCUT2D eigenvalue weighted by atomic mass is 32.2. The lowest BCUT2D eigenvalue weighted by Gasteiger charge is -2.35. The minimum atomic E-state index is -3.18. The Kier molecular flexibility index (Phi) is 6.99. The molecule has 0 radical (unpaired) electrons. The van der Waals surface area contributed by atoms with Crippen molar-refractivity contribution in [2.24, 2.45) is 0 Å². The van der Waals surface area contributed by atoms with E-state index in [1.165, 1.54) is 16.1 Å². The van der Waals surface area contributed by atoms with Gasteiger partial charge in [-0.2, -0.15) is 4.31 Å². The number of anilines is 2. The Balaban J connectivity index is 1.59. The van der Waals surface area contributed by atoms with Crippen molar-refractivity contribution >= 4 is 27.3 Å². The Morgan fingerprint density at radius 2 is 1.67 bits per heavy atom. The van der Waals surface area contributed by atoms with Crippen LogP contribution < -0.4 is 15.0 Å². The molecule has 0 saturated carbocycles. The first kappa shape index (κ1) is 22.1. The average Bonchev–Trinajstić information content (AvgIpc) is 2.72. The lowest BCUT2D eigenvalue weighted by molar-refractivity contribution is -0.118. The Morgan fingerprint density at radius 3 is 2.27 bits per heavy atom. The second-order valence-corrected chi connectivity index (χ2v) is 9.71. The van der Waals surface area contributed by atoms with Crippen LogP contribution in [0.2, 0.25) is 0 Å². The third-order valence-corrected chi connectivity index (χ3v) is 6.45. The molecule has 1 amide bonds. The summed E-state index contributed by atoms with van der Waals surface area (Å²) < 4.78 is 30.5. The van der Waals surface area contributed by atoms with E-state index >= 15 is 0 Å². The van der Waals surface area contributed by atoms with Gasteiger partial charge in [0.2, 0.25) is 10.0 Å². The minimum absolute atomic E-state index is 0.0861. The van der Waals surface area contributed by atoms with Gasteiger partial charge in [0, 0.05) is 26.2 Å². The summed E-state index contributed by atoms with van der Waals surface area (Å²) in [6.07, 6.45) is 1.23. The van der Waals surface area contributed by atoms with E-state index in [0.29, 0.717) is 43.5 Å². The zero-order chi connectivity index (χ0) is 21.7. The van der Waals surface area contributed by atoms with Gasteiger partial charge in [0.15, 0.2) is 6.61 Å². The van der Waals surface area contributed by atoms with Gasteiger partial charge in [-0.3, -0.25) is 4.79 Å². The number of nitrogens with zero attached hydrogens (tertiary/aromatic N) is 2. The molecule has 1 saturated heterocycles. The third-order valence-electron chi connectivity index (χ3n) is 5.14. The minimum Gasteiger partial charge on any atom is -0.484 e. The number of carbonyl (C=O) groups is 1. The summed E-state index contributed by atoms with van der Waals surface area (Å²) in [4.78, 5) is 14.5. The van der Waals surface area contributed by atoms with E-state index in [1.54, 1.807) is 0 Å². The van der Waals surface area contributed by atoms with Crippen LogP contribution in [-0.4, -0.2) is 57.7 Å². The number of benzene rings is 2. The molecule has 1 heterocycles. The molecule has 2 aromatic rings. The molecule has 8 heteroatoms. The number of ether oxygens (including phenoxy) is 1. The van der Waals surface area contributed by atoms with Gasteiger partial charge in [-0.05, 0) is 35.7 Å². The third kappa shape index (κ3) is 5.73. The van der Waals surface area contributed by atoms with E-state index in [1.807, 2.05) is 48.5 Å². The molecule has 3 rings (SSSR count). The second-order valence-electron chi connectivity index (χ2n) is 7.73. The molecule has 0 aliphatic carbocycles. The first-order chi connectivity index (χ1) is 14.2. The summed E-state index contributed by atoms with van der Waals surface area (Å²) in [5, 5.41) is 2.91. The summed E-state index contributed by atoms with van der Waals surface area (Å²) in [5.41, 5.74) is 2.78. The lowest BCUT2D eigenvalue weighted by atomic mass is 10.0. The number of hydrogen-bond donors (Lipinski definition) is 1. The van der Waals surface area contributed by atoms with E-state index < -0.39 is 10.0 Å². The van der Waals surface area contributed by atoms with Crippen molar-refractivity contribution in [3.05, 3.63) is 54.1 Å². The summed E-state index contributed by atoms with van der Waals surface area (Å²) in [5.74, 6) is 0.850. The van der Waals surface area contributed by atoms with Crippen molar-refractivity contribution in [2.45, 2.75) is 19.8 Å². The zero-order valence-electron chi connectivity index (χ0n) is 17.7. The number of piperazine rings is 1. The molecule has 7 nitrogen and oxygen atoms in total. The number of para-hydroxylation sites is 2. The van der Waals surface area contributed by atoms with Crippen molar-refractivity contribution in [1.29, 1.82) is 0 Å². The van der Waals surface area contributed by atoms with Crippen LogP contribution in [-0.2, 0) is 14.8 Å². The van der Waals surface area contributed by atoms with Gasteiger partial charge in [0.05, 0.1) is 17.6 Å². The molecule has 1 fully saturated rings. The highest BCUT2D eigenvalue weighted by molar-refractivity contribution is 7.88. The summed E-state index contributed by atoms with van der Waals surface area (Å²) in [7, 11) is -3.18. The fraction of sp³-hybridized carbons (Fsp3) is 0.409. The van der Waals surface area contributed by atoms with Crippen LogP contribution in [0.3, 0.4) is 0 Å². The fourth-order valence-electron chi connectivity index (χ4n) is 3.40. The Bertz CT molecular complexity index is 966. The quantitative estimate of drug-likeness (QED) is 0.729. The van der Waals surface area contributed by atoms with Crippen molar-refractivity contribution in [2.75, 3.05) is 49.3 Å². The zero-order valence-corrected chi connectivity index (χ0v) is 18.5. The molecular weight excluding hydrogens is 402 g/mol. The van der Waals surface area contributed by atoms with Gasteiger partial charge in [-0.25, -0.2) is 8.42 Å². The number of nitrogens with one attached hydrogen (secondary N) is 1. The lowest BCUT2D eigenvalue weighted by Crippen LogP contribution is -2.48. The van der Waals surface area contributed by atoms with Gasteiger partial charge >= 0.3 is 0 Å². The van der Waals surface area contributed by atoms with E-state index in [0.717, 1.165) is 5.69 Å². The molecule has 0 spiro atoms. The van der Waals surface area contributed by atoms with Crippen LogP contribution >= 0.6 is 0 Å². The van der Waals surface area contributed by atoms with Crippen LogP contribution in [0, 0.1) is 0 Å². The highest BCUT2D eigenvalue weighted by Gasteiger charge is 2.24. The Hall–Kier alpha value is -2.58. The van der Waals surface area contributed by atoms with E-state index in [9.17, 15) is 13.2 Å². The van der Waals surface area contributed by atoms with Crippen molar-refractivity contribution in [3.63, 3.8) is 0 Å². The molecule has 30 heavy (non-hydrogen) atoms. The predicted octanol–water partition coefficient (Wildman–Crippen LogP) is 2.91. The number of amides is 1. The van der Waals surface area contributed by atoms with E-state index in [-0.39, 0.29) is 12.5 Å². The standard InChI is InChI=1S/C22H29N3O4S/c1-17(2)18-8-10-19(11-9-18)29-16-22(26)23-20-6-4-5-7-21(20)24-12-14-25(15-13-24)30(3,27)28/h4-11,17H,12-16H2,1-3H3,(H,23,26). The molecule has 1 aliphatic heterocycles.